The lowest BCUT2D eigenvalue weighted by atomic mass is 10.4. The van der Waals surface area contributed by atoms with Gasteiger partial charge in [-0.05, 0) is 43.0 Å². The third-order valence-corrected chi connectivity index (χ3v) is 0.531. The summed E-state index contributed by atoms with van der Waals surface area (Å²) in [6.07, 6.45) is 4.65. The molecule has 3 atom stereocenters. The van der Waals surface area contributed by atoms with Crippen molar-refractivity contribution < 1.29 is 24.4 Å². The number of rotatable bonds is 2. The van der Waals surface area contributed by atoms with Gasteiger partial charge in [-0.1, -0.05) is 12.2 Å². The molecule has 0 aliphatic heterocycles. The van der Waals surface area contributed by atoms with E-state index >= 15 is 0 Å². The summed E-state index contributed by atoms with van der Waals surface area (Å²) in [4.78, 5) is 25.6. The molecular weight excluding hydrogens is 264 g/mol. The maximum absolute atomic E-state index is 8.55. The first-order chi connectivity index (χ1) is 4.91. The monoisotopic (exact) mass is 286 g/mol. The molecule has 0 aliphatic rings. The van der Waals surface area contributed by atoms with Crippen molar-refractivity contribution in [2.75, 3.05) is 6.61 Å². The second-order valence-electron chi connectivity index (χ2n) is 1.53. The molecule has 1 N–H and O–H groups in total. The van der Waals surface area contributed by atoms with Gasteiger partial charge in [0, 0.05) is 6.61 Å². The molecule has 0 bridgehead atoms. The molecule has 3 unspecified atom stereocenters. The molecule has 0 spiro atoms. The highest BCUT2D eigenvalue weighted by molar-refractivity contribution is 7.40. The maximum Gasteiger partial charge on any atom is 0.0465 e. The number of aliphatic hydroxyl groups is 1. The highest BCUT2D eigenvalue weighted by atomic mass is 31.2. The number of aliphatic hydroxyl groups excluding tert-OH is 1. The molecule has 0 heterocycles. The van der Waals surface area contributed by atoms with Crippen LogP contribution in [0.3, 0.4) is 0 Å². The van der Waals surface area contributed by atoms with Crippen LogP contribution in [0.25, 0.3) is 0 Å². The Morgan fingerprint density at radius 3 is 1.57 bits per heavy atom. The van der Waals surface area contributed by atoms with Crippen molar-refractivity contribution in [2.24, 2.45) is 0 Å². The Balaban J connectivity index is -0.0000000321. The lowest BCUT2D eigenvalue weighted by Crippen LogP contribution is -2.24. The Kier molecular flexibility index (Phi) is 41.3. The molecule has 0 aromatic carbocycles. The summed E-state index contributed by atoms with van der Waals surface area (Å²) in [6, 6.07) is 0. The number of phosphoric acid groups is 1. The molecule has 0 saturated carbocycles. The van der Waals surface area contributed by atoms with Crippen LogP contribution >= 0.6 is 37.5 Å². The number of hydrogen-bond donors (Lipinski definition) is 1. The van der Waals surface area contributed by atoms with Gasteiger partial charge in [-0.2, -0.15) is 7.82 Å². The van der Waals surface area contributed by atoms with E-state index in [1.165, 1.54) is 0 Å². The van der Waals surface area contributed by atoms with Crippen LogP contribution in [0.2, 0.25) is 0 Å². The van der Waals surface area contributed by atoms with Gasteiger partial charge in [-0.15, -0.1) is 0 Å². The van der Waals surface area contributed by atoms with Crippen molar-refractivity contribution in [1.82, 2.24) is 0 Å². The van der Waals surface area contributed by atoms with Gasteiger partial charge >= 0.3 is 0 Å². The lowest BCUT2D eigenvalue weighted by molar-refractivity contribution is -0.432. The summed E-state index contributed by atoms with van der Waals surface area (Å²) in [5, 5.41) is 8.15. The van der Waals surface area contributed by atoms with Crippen LogP contribution < -0.4 is 14.7 Å². The molecule has 5 nitrogen and oxygen atoms in total. The van der Waals surface area contributed by atoms with Crippen molar-refractivity contribution in [3.63, 3.8) is 0 Å². The molecule has 0 aromatic heterocycles. The fourth-order valence-corrected chi connectivity index (χ4v) is 0.241. The molecule has 0 saturated heterocycles. The van der Waals surface area contributed by atoms with E-state index in [1.807, 2.05) is 19.1 Å². The number of allylic oxidation sites excluding steroid dienone is 1. The summed E-state index contributed by atoms with van der Waals surface area (Å²) in [6.45, 7) is 2.21. The Morgan fingerprint density at radius 1 is 1.21 bits per heavy atom. The molecule has 0 fully saturated rings. The first-order valence-electron chi connectivity index (χ1n) is 2.87. The van der Waals surface area contributed by atoms with Crippen molar-refractivity contribution in [1.29, 1.82) is 0 Å². The van der Waals surface area contributed by atoms with E-state index < -0.39 is 7.82 Å². The van der Waals surface area contributed by atoms with E-state index in [9.17, 15) is 0 Å². The van der Waals surface area contributed by atoms with Crippen LogP contribution in [0.4, 0.5) is 0 Å². The van der Waals surface area contributed by atoms with E-state index in [1.54, 1.807) is 0 Å². The van der Waals surface area contributed by atoms with Gasteiger partial charge in [0.1, 0.15) is 0 Å². The summed E-state index contributed by atoms with van der Waals surface area (Å²) in [5.41, 5.74) is 0. The Labute approximate surface area is 94.5 Å². The van der Waals surface area contributed by atoms with E-state index in [4.69, 9.17) is 24.4 Å². The second kappa shape index (κ2) is 19.6. The molecule has 0 radical (unpaired) electrons. The fraction of sp³-hybridized carbons (Fsp3) is 0.600. The number of hydrogen-bond acceptors (Lipinski definition) is 5. The average molecular weight is 286 g/mol. The van der Waals surface area contributed by atoms with Gasteiger partial charge in [0.15, 0.2) is 0 Å². The highest BCUT2D eigenvalue weighted by Gasteiger charge is 1.65. The van der Waals surface area contributed by atoms with Gasteiger partial charge in [0.05, 0.1) is 0 Å². The van der Waals surface area contributed by atoms with Gasteiger partial charge in [0.25, 0.3) is 0 Å². The van der Waals surface area contributed by atoms with Crippen LogP contribution in [0, 0.1) is 0 Å². The first-order valence-corrected chi connectivity index (χ1v) is 4.33. The molecular formula is C5H22O5P4. The average Bonchev–Trinajstić information content (AvgIpc) is 1.79. The fourth-order valence-electron chi connectivity index (χ4n) is 0.241. The normalized spacial score (nSPS) is 8.64. The van der Waals surface area contributed by atoms with E-state index in [-0.39, 0.29) is 36.3 Å². The molecule has 92 valence electrons. The van der Waals surface area contributed by atoms with Crippen molar-refractivity contribution >= 4 is 37.5 Å². The lowest BCUT2D eigenvalue weighted by Gasteiger charge is -2.36. The Hall–Kier alpha value is 1.10. The van der Waals surface area contributed by atoms with Crippen LogP contribution in [0.15, 0.2) is 12.2 Å². The minimum absolute atomic E-state index is 0. The smallest absolute Gasteiger partial charge is 0.0465 e. The highest BCUT2D eigenvalue weighted by Crippen LogP contribution is 2.03. The minimum Gasteiger partial charge on any atom is -0.822 e. The van der Waals surface area contributed by atoms with Crippen molar-refractivity contribution in [2.45, 2.75) is 13.3 Å². The molecule has 14 heavy (non-hydrogen) atoms. The van der Waals surface area contributed by atoms with E-state index in [0.29, 0.717) is 0 Å². The standard InChI is InChI=1S/C5H10O.H3O4P.3H3P/c1-2-3-4-5-6;1-5(2,3)4;;;/h2-3,6H,4-5H2,1H3;(H3,1,2,3,4);3*1H3. The van der Waals surface area contributed by atoms with Gasteiger partial charge in [0.2, 0.25) is 0 Å². The quantitative estimate of drug-likeness (QED) is 0.446. The van der Waals surface area contributed by atoms with Crippen LogP contribution in [0.1, 0.15) is 13.3 Å². The molecule has 0 aliphatic carbocycles. The minimum atomic E-state index is -5.39. The maximum atomic E-state index is 8.55. The zero-order chi connectivity index (χ0) is 9.33. The predicted octanol–water partition coefficient (Wildman–Crippen LogP) is -2.51. The third-order valence-electron chi connectivity index (χ3n) is 0.531. The van der Waals surface area contributed by atoms with Gasteiger partial charge in [-0.3, -0.25) is 0 Å². The Morgan fingerprint density at radius 2 is 1.50 bits per heavy atom. The molecule has 0 amide bonds. The molecule has 0 rings (SSSR count). The SMILES string of the molecule is CC=CCCO.O=P([O-])([O-])[O-].[PH4+].[PH4+].[PH4+]. The van der Waals surface area contributed by atoms with E-state index in [0.717, 1.165) is 6.42 Å². The zero-order valence-corrected chi connectivity index (χ0v) is 16.0. The van der Waals surface area contributed by atoms with Crippen LogP contribution in [-0.4, -0.2) is 11.7 Å². The second-order valence-corrected chi connectivity index (χ2v) is 2.42. The summed E-state index contributed by atoms with van der Waals surface area (Å²) < 4.78 is 8.55. The van der Waals surface area contributed by atoms with Crippen molar-refractivity contribution in [3.05, 3.63) is 12.2 Å². The third kappa shape index (κ3) is 114. The zero-order valence-electron chi connectivity index (χ0n) is 9.10. The Bertz CT molecular complexity index is 137. The van der Waals surface area contributed by atoms with Crippen LogP contribution in [0.5, 0.6) is 0 Å². The largest absolute Gasteiger partial charge is 0.822 e. The first kappa shape index (κ1) is 29.4. The van der Waals surface area contributed by atoms with E-state index in [2.05, 4.69) is 0 Å². The van der Waals surface area contributed by atoms with Crippen LogP contribution in [-0.2, 0) is 4.57 Å². The topological polar surface area (TPSA) is 106 Å². The summed E-state index contributed by atoms with van der Waals surface area (Å²) in [5.74, 6) is 0. The van der Waals surface area contributed by atoms with Gasteiger partial charge in [-0.25, -0.2) is 0 Å². The summed E-state index contributed by atoms with van der Waals surface area (Å²) in [7, 11) is -5.39. The predicted molar refractivity (Wildman–Crippen MR) is 71.6 cm³/mol. The van der Waals surface area contributed by atoms with Gasteiger partial charge < -0.3 is 24.4 Å². The molecule has 9 heteroatoms. The van der Waals surface area contributed by atoms with Crippen molar-refractivity contribution in [3.8, 4) is 0 Å². The summed E-state index contributed by atoms with van der Waals surface area (Å²) >= 11 is 0. The molecule has 0 aromatic rings.